The molecule has 0 spiro atoms. The van der Waals surface area contributed by atoms with E-state index in [0.29, 0.717) is 13.2 Å². The molecule has 0 unspecified atom stereocenters. The summed E-state index contributed by atoms with van der Waals surface area (Å²) in [5.41, 5.74) is 0. The van der Waals surface area contributed by atoms with Crippen LogP contribution in [0.4, 0.5) is 0 Å². The molecule has 1 aliphatic heterocycles. The predicted molar refractivity (Wildman–Crippen MR) is 74.6 cm³/mol. The van der Waals surface area contributed by atoms with Gasteiger partial charge < -0.3 is 9.30 Å². The average Bonchev–Trinajstić information content (AvgIpc) is 3.03. The molecule has 3 rings (SSSR count). The van der Waals surface area contributed by atoms with Crippen molar-refractivity contribution in [1.29, 1.82) is 0 Å². The van der Waals surface area contributed by atoms with E-state index in [4.69, 9.17) is 4.74 Å². The first kappa shape index (κ1) is 14.0. The molecule has 1 saturated heterocycles. The fourth-order valence-electron chi connectivity index (χ4n) is 2.69. The van der Waals surface area contributed by atoms with Crippen molar-refractivity contribution in [2.45, 2.75) is 44.1 Å². The van der Waals surface area contributed by atoms with Gasteiger partial charge in [0.25, 0.3) is 0 Å². The Morgan fingerprint density at radius 1 is 1.45 bits per heavy atom. The van der Waals surface area contributed by atoms with Crippen LogP contribution in [0.15, 0.2) is 12.4 Å². The summed E-state index contributed by atoms with van der Waals surface area (Å²) < 4.78 is 34.4. The van der Waals surface area contributed by atoms with Crippen molar-refractivity contribution >= 4 is 10.0 Å². The number of rotatable bonds is 6. The highest BCUT2D eigenvalue weighted by Crippen LogP contribution is 2.34. The lowest BCUT2D eigenvalue weighted by molar-refractivity contribution is 0.0816. The molecule has 2 fully saturated rings. The molecule has 20 heavy (non-hydrogen) atoms. The van der Waals surface area contributed by atoms with Crippen molar-refractivity contribution < 1.29 is 13.2 Å². The number of imidazole rings is 1. The van der Waals surface area contributed by atoms with Crippen LogP contribution in [0.25, 0.3) is 0 Å². The van der Waals surface area contributed by atoms with Crippen LogP contribution in [0.3, 0.4) is 0 Å². The molecular formula is C13H21N3O3S. The summed E-state index contributed by atoms with van der Waals surface area (Å²) in [7, 11) is -3.12. The van der Waals surface area contributed by atoms with Gasteiger partial charge in [-0.15, -0.1) is 0 Å². The zero-order valence-electron chi connectivity index (χ0n) is 11.7. The summed E-state index contributed by atoms with van der Waals surface area (Å²) in [6.45, 7) is 4.01. The number of aryl methyl sites for hydroxylation is 1. The molecule has 6 nitrogen and oxygen atoms in total. The Hall–Kier alpha value is -0.920. The molecule has 1 aromatic rings. The molecule has 2 heterocycles. The van der Waals surface area contributed by atoms with Gasteiger partial charge >= 0.3 is 0 Å². The first-order valence-corrected chi connectivity index (χ1v) is 8.77. The normalized spacial score (nSPS) is 27.1. The third-order valence-corrected chi connectivity index (χ3v) is 5.99. The Kier molecular flexibility index (Phi) is 3.83. The predicted octanol–water partition coefficient (Wildman–Crippen LogP) is 1.06. The smallest absolute Gasteiger partial charge is 0.214 e. The quantitative estimate of drug-likeness (QED) is 0.852. The minimum atomic E-state index is -3.12. The minimum Gasteiger partial charge on any atom is -0.370 e. The van der Waals surface area contributed by atoms with Crippen molar-refractivity contribution in [2.24, 2.45) is 5.92 Å². The van der Waals surface area contributed by atoms with Crippen molar-refractivity contribution in [3.63, 3.8) is 0 Å². The van der Waals surface area contributed by atoms with Crippen LogP contribution in [0.2, 0.25) is 0 Å². The SMILES string of the molecule is CCn1ccnc1[C@@H]1OCC[C@H]1CNS(=O)(=O)C1CC1. The zero-order chi connectivity index (χ0) is 14.2. The maximum atomic E-state index is 11.9. The number of aromatic nitrogens is 2. The molecule has 1 aromatic heterocycles. The molecule has 0 amide bonds. The summed E-state index contributed by atoms with van der Waals surface area (Å²) in [5, 5.41) is -0.166. The summed E-state index contributed by atoms with van der Waals surface area (Å²) in [6, 6.07) is 0. The molecule has 1 N–H and O–H groups in total. The standard InChI is InChI=1S/C13H21N3O3S/c1-2-16-7-6-14-13(16)12-10(5-8-19-12)9-15-20(17,18)11-3-4-11/h6-7,10-12,15H,2-5,8-9H2,1H3/t10-,12+/m0/s1. The number of ether oxygens (including phenoxy) is 1. The van der Waals surface area contributed by atoms with Crippen molar-refractivity contribution in [2.75, 3.05) is 13.2 Å². The third-order valence-electron chi connectivity index (χ3n) is 4.07. The van der Waals surface area contributed by atoms with E-state index in [1.807, 2.05) is 6.20 Å². The van der Waals surface area contributed by atoms with Crippen molar-refractivity contribution in [1.82, 2.24) is 14.3 Å². The van der Waals surface area contributed by atoms with Crippen molar-refractivity contribution in [3.8, 4) is 0 Å². The van der Waals surface area contributed by atoms with Crippen molar-refractivity contribution in [3.05, 3.63) is 18.2 Å². The van der Waals surface area contributed by atoms with E-state index in [-0.39, 0.29) is 17.3 Å². The minimum absolute atomic E-state index is 0.105. The molecule has 1 saturated carbocycles. The van der Waals surface area contributed by atoms with E-state index < -0.39 is 10.0 Å². The lowest BCUT2D eigenvalue weighted by Gasteiger charge is -2.19. The summed E-state index contributed by atoms with van der Waals surface area (Å²) in [5.74, 6) is 1.07. The van der Waals surface area contributed by atoms with Crippen LogP contribution in [0.5, 0.6) is 0 Å². The van der Waals surface area contributed by atoms with E-state index in [0.717, 1.165) is 31.6 Å². The highest BCUT2D eigenvalue weighted by Gasteiger charge is 2.38. The van der Waals surface area contributed by atoms with E-state index in [1.54, 1.807) is 6.20 Å². The first-order valence-electron chi connectivity index (χ1n) is 7.23. The first-order chi connectivity index (χ1) is 9.62. The van der Waals surface area contributed by atoms with Crippen LogP contribution < -0.4 is 4.72 Å². The molecule has 7 heteroatoms. The van der Waals surface area contributed by atoms with Crippen LogP contribution in [0.1, 0.15) is 38.1 Å². The van der Waals surface area contributed by atoms with Gasteiger partial charge in [-0.05, 0) is 26.2 Å². The number of nitrogens with zero attached hydrogens (tertiary/aromatic N) is 2. The Morgan fingerprint density at radius 3 is 2.95 bits per heavy atom. The van der Waals surface area contributed by atoms with Gasteiger partial charge in [0, 0.05) is 38.0 Å². The van der Waals surface area contributed by atoms with Crippen LogP contribution in [0, 0.1) is 5.92 Å². The zero-order valence-corrected chi connectivity index (χ0v) is 12.5. The molecular weight excluding hydrogens is 278 g/mol. The highest BCUT2D eigenvalue weighted by atomic mass is 32.2. The van der Waals surface area contributed by atoms with E-state index >= 15 is 0 Å². The Labute approximate surface area is 119 Å². The Balaban J connectivity index is 1.67. The number of nitrogens with one attached hydrogen (secondary N) is 1. The fourth-order valence-corrected chi connectivity index (χ4v) is 4.13. The molecule has 0 radical (unpaired) electrons. The molecule has 112 valence electrons. The van der Waals surface area contributed by atoms with E-state index in [9.17, 15) is 8.42 Å². The second-order valence-corrected chi connectivity index (χ2v) is 7.55. The number of hydrogen-bond donors (Lipinski definition) is 1. The van der Waals surface area contributed by atoms with Gasteiger partial charge in [-0.3, -0.25) is 0 Å². The molecule has 1 aliphatic carbocycles. The maximum absolute atomic E-state index is 11.9. The summed E-state index contributed by atoms with van der Waals surface area (Å²) >= 11 is 0. The summed E-state index contributed by atoms with van der Waals surface area (Å²) in [4.78, 5) is 4.37. The van der Waals surface area contributed by atoms with Gasteiger partial charge in [-0.25, -0.2) is 18.1 Å². The topological polar surface area (TPSA) is 73.2 Å². The maximum Gasteiger partial charge on any atom is 0.214 e. The largest absolute Gasteiger partial charge is 0.370 e. The van der Waals surface area contributed by atoms with E-state index in [2.05, 4.69) is 21.2 Å². The Bertz CT molecular complexity index is 565. The molecule has 2 atom stereocenters. The highest BCUT2D eigenvalue weighted by molar-refractivity contribution is 7.90. The third kappa shape index (κ3) is 2.75. The fraction of sp³-hybridized carbons (Fsp3) is 0.769. The van der Waals surface area contributed by atoms with Gasteiger partial charge in [-0.2, -0.15) is 0 Å². The average molecular weight is 299 g/mol. The number of hydrogen-bond acceptors (Lipinski definition) is 4. The van der Waals surface area contributed by atoms with Gasteiger partial charge in [0.1, 0.15) is 11.9 Å². The molecule has 2 aliphatic rings. The number of sulfonamides is 1. The Morgan fingerprint density at radius 2 is 2.25 bits per heavy atom. The van der Waals surface area contributed by atoms with Crippen LogP contribution in [-0.4, -0.2) is 36.4 Å². The van der Waals surface area contributed by atoms with Gasteiger partial charge in [0.05, 0.1) is 5.25 Å². The summed E-state index contributed by atoms with van der Waals surface area (Å²) in [6.07, 6.45) is 6.05. The molecule has 0 aromatic carbocycles. The molecule has 0 bridgehead atoms. The second kappa shape index (κ2) is 5.46. The monoisotopic (exact) mass is 299 g/mol. The van der Waals surface area contributed by atoms with Gasteiger partial charge in [0.15, 0.2) is 0 Å². The van der Waals surface area contributed by atoms with Gasteiger partial charge in [0.2, 0.25) is 10.0 Å². The lowest BCUT2D eigenvalue weighted by Crippen LogP contribution is -2.33. The second-order valence-electron chi connectivity index (χ2n) is 5.50. The van der Waals surface area contributed by atoms with Crippen LogP contribution >= 0.6 is 0 Å². The van der Waals surface area contributed by atoms with Gasteiger partial charge in [-0.1, -0.05) is 0 Å². The van der Waals surface area contributed by atoms with E-state index in [1.165, 1.54) is 0 Å². The lowest BCUT2D eigenvalue weighted by atomic mass is 10.0. The van der Waals surface area contributed by atoms with Crippen LogP contribution in [-0.2, 0) is 21.3 Å².